The van der Waals surface area contributed by atoms with Crippen molar-refractivity contribution >= 4 is 17.8 Å². The molecule has 7 heteroatoms. The molecular formula is C16H26N2O5. The summed E-state index contributed by atoms with van der Waals surface area (Å²) in [5, 5.41) is 6.86. The van der Waals surface area contributed by atoms with Crippen LogP contribution < -0.4 is 5.32 Å². The van der Waals surface area contributed by atoms with Crippen molar-refractivity contribution in [2.45, 2.75) is 65.2 Å². The lowest BCUT2D eigenvalue weighted by Crippen LogP contribution is -2.48. The molecular weight excluding hydrogens is 300 g/mol. The Bertz CT molecular complexity index is 497. The molecule has 0 saturated heterocycles. The molecule has 0 aromatic rings. The van der Waals surface area contributed by atoms with Crippen molar-refractivity contribution in [3.63, 3.8) is 0 Å². The van der Waals surface area contributed by atoms with Crippen LogP contribution in [-0.4, -0.2) is 42.1 Å². The Morgan fingerprint density at radius 3 is 2.61 bits per heavy atom. The van der Waals surface area contributed by atoms with Crippen molar-refractivity contribution in [3.05, 3.63) is 0 Å². The first-order valence-electron chi connectivity index (χ1n) is 8.15. The smallest absolute Gasteiger partial charge is 0.408 e. The fourth-order valence-electron chi connectivity index (χ4n) is 3.14. The Balaban J connectivity index is 2.12. The van der Waals surface area contributed by atoms with Crippen LogP contribution in [0.5, 0.6) is 0 Å². The minimum atomic E-state index is -0.608. The fourth-order valence-corrected chi connectivity index (χ4v) is 3.14. The first-order chi connectivity index (χ1) is 10.8. The van der Waals surface area contributed by atoms with E-state index in [0.717, 1.165) is 12.1 Å². The summed E-state index contributed by atoms with van der Waals surface area (Å²) >= 11 is 0. The highest BCUT2D eigenvalue weighted by atomic mass is 16.6. The largest absolute Gasteiger partial charge is 0.466 e. The third-order valence-electron chi connectivity index (χ3n) is 4.05. The number of nitrogens with zero attached hydrogens (tertiary/aromatic N) is 1. The van der Waals surface area contributed by atoms with Gasteiger partial charge in [0, 0.05) is 5.92 Å². The second kappa shape index (κ2) is 6.76. The summed E-state index contributed by atoms with van der Waals surface area (Å²) in [6, 6.07) is -0.498. The second-order valence-electron chi connectivity index (χ2n) is 6.88. The lowest BCUT2D eigenvalue weighted by Gasteiger charge is -2.25. The number of ether oxygens (including phenoxy) is 2. The number of alkyl carbamates (subject to hydrolysis) is 1. The maximum absolute atomic E-state index is 12.2. The van der Waals surface area contributed by atoms with E-state index < -0.39 is 23.7 Å². The van der Waals surface area contributed by atoms with Gasteiger partial charge in [-0.15, -0.1) is 0 Å². The van der Waals surface area contributed by atoms with Crippen LogP contribution in [-0.2, 0) is 19.1 Å². The molecule has 1 N–H and O–H groups in total. The van der Waals surface area contributed by atoms with Gasteiger partial charge >= 0.3 is 12.1 Å². The van der Waals surface area contributed by atoms with E-state index in [2.05, 4.69) is 10.5 Å². The molecule has 0 radical (unpaired) electrons. The first-order valence-corrected chi connectivity index (χ1v) is 8.15. The van der Waals surface area contributed by atoms with Gasteiger partial charge in [0.15, 0.2) is 6.10 Å². The summed E-state index contributed by atoms with van der Waals surface area (Å²) in [5.41, 5.74) is 0.320. The predicted octanol–water partition coefficient (Wildman–Crippen LogP) is 2.24. The first kappa shape index (κ1) is 17.6. The van der Waals surface area contributed by atoms with Gasteiger partial charge in [-0.2, -0.15) is 0 Å². The molecule has 0 aromatic heterocycles. The summed E-state index contributed by atoms with van der Waals surface area (Å²) in [6.07, 6.45) is 0.421. The molecule has 1 fully saturated rings. The highest BCUT2D eigenvalue weighted by Crippen LogP contribution is 2.40. The Morgan fingerprint density at radius 2 is 2.04 bits per heavy atom. The lowest BCUT2D eigenvalue weighted by molar-refractivity contribution is -0.149. The topological polar surface area (TPSA) is 86.2 Å². The van der Waals surface area contributed by atoms with Crippen molar-refractivity contribution in [2.75, 3.05) is 6.61 Å². The normalized spacial score (nSPS) is 29.3. The molecule has 1 saturated carbocycles. The van der Waals surface area contributed by atoms with Crippen LogP contribution in [0.4, 0.5) is 4.79 Å². The summed E-state index contributed by atoms with van der Waals surface area (Å²) in [6.45, 7) is 9.43. The molecule has 2 aliphatic rings. The van der Waals surface area contributed by atoms with Crippen LogP contribution in [0, 0.1) is 11.8 Å². The Hall–Kier alpha value is -1.79. The van der Waals surface area contributed by atoms with E-state index in [9.17, 15) is 9.59 Å². The standard InChI is InChI=1S/C16H26N2O5/c1-6-11-9-8-10(14(19)21-7-2)12(13(9)23-18-11)17-15(20)22-16(3,4)5/h9-10,12-13H,6-8H2,1-5H3,(H,17,20)/t9-,10+,12+,13+/m0/s1. The molecule has 1 heterocycles. The molecule has 0 bridgehead atoms. The average Bonchev–Trinajstić information content (AvgIpc) is 2.97. The molecule has 7 nitrogen and oxygen atoms in total. The number of rotatable bonds is 4. The van der Waals surface area contributed by atoms with Crippen LogP contribution in [0.1, 0.15) is 47.5 Å². The number of fused-ring (bicyclic) bond motifs is 1. The van der Waals surface area contributed by atoms with Gasteiger partial charge in [0.2, 0.25) is 0 Å². The molecule has 0 unspecified atom stereocenters. The number of hydrogen-bond acceptors (Lipinski definition) is 6. The molecule has 130 valence electrons. The molecule has 1 aliphatic heterocycles. The quantitative estimate of drug-likeness (QED) is 0.801. The molecule has 0 spiro atoms. The highest BCUT2D eigenvalue weighted by molar-refractivity contribution is 5.90. The SMILES string of the molecule is CCOC(=O)[C@@H]1C[C@H]2C(CC)=NO[C@H]2[C@@H]1NC(=O)OC(C)(C)C. The van der Waals surface area contributed by atoms with Crippen LogP contribution in [0.15, 0.2) is 5.16 Å². The Labute approximate surface area is 136 Å². The number of hydrogen-bond donors (Lipinski definition) is 1. The number of amides is 1. The molecule has 1 aliphatic carbocycles. The third-order valence-corrected chi connectivity index (χ3v) is 4.05. The van der Waals surface area contributed by atoms with Gasteiger partial charge in [-0.1, -0.05) is 12.1 Å². The van der Waals surface area contributed by atoms with Gasteiger partial charge < -0.3 is 19.6 Å². The summed E-state index contributed by atoms with van der Waals surface area (Å²) in [7, 11) is 0. The molecule has 1 amide bonds. The Kier molecular flexibility index (Phi) is 5.16. The highest BCUT2D eigenvalue weighted by Gasteiger charge is 2.53. The van der Waals surface area contributed by atoms with Crippen LogP contribution in [0.2, 0.25) is 0 Å². The zero-order valence-corrected chi connectivity index (χ0v) is 14.4. The average molecular weight is 326 g/mol. The van der Waals surface area contributed by atoms with Gasteiger partial charge in [-0.25, -0.2) is 4.79 Å². The lowest BCUT2D eigenvalue weighted by atomic mass is 9.97. The zero-order valence-electron chi connectivity index (χ0n) is 14.4. The maximum atomic E-state index is 12.2. The Morgan fingerprint density at radius 1 is 1.35 bits per heavy atom. The van der Waals surface area contributed by atoms with E-state index >= 15 is 0 Å². The minimum absolute atomic E-state index is 0.0364. The molecule has 2 rings (SSSR count). The molecule has 0 aromatic carbocycles. The maximum Gasteiger partial charge on any atom is 0.408 e. The monoisotopic (exact) mass is 326 g/mol. The molecule has 23 heavy (non-hydrogen) atoms. The van der Waals surface area contributed by atoms with Crippen LogP contribution >= 0.6 is 0 Å². The van der Waals surface area contributed by atoms with Gasteiger partial charge in [0.25, 0.3) is 0 Å². The van der Waals surface area contributed by atoms with Crippen molar-refractivity contribution in [1.82, 2.24) is 5.32 Å². The van der Waals surface area contributed by atoms with Gasteiger partial charge in [0.05, 0.1) is 24.3 Å². The van der Waals surface area contributed by atoms with Crippen LogP contribution in [0.3, 0.4) is 0 Å². The van der Waals surface area contributed by atoms with E-state index in [1.165, 1.54) is 0 Å². The number of nitrogens with one attached hydrogen (secondary N) is 1. The second-order valence-corrected chi connectivity index (χ2v) is 6.88. The van der Waals surface area contributed by atoms with Crippen molar-refractivity contribution in [2.24, 2.45) is 17.0 Å². The van der Waals surface area contributed by atoms with E-state index in [1.807, 2.05) is 6.92 Å². The fraction of sp³-hybridized carbons (Fsp3) is 0.812. The zero-order chi connectivity index (χ0) is 17.2. The van der Waals surface area contributed by atoms with E-state index in [0.29, 0.717) is 13.0 Å². The summed E-state index contributed by atoms with van der Waals surface area (Å²) in [4.78, 5) is 29.8. The molecule has 4 atom stereocenters. The summed E-state index contributed by atoms with van der Waals surface area (Å²) in [5.74, 6) is -0.731. The third kappa shape index (κ3) is 3.95. The van der Waals surface area contributed by atoms with Crippen LogP contribution in [0.25, 0.3) is 0 Å². The number of carbonyl (C=O) groups excluding carboxylic acids is 2. The van der Waals surface area contributed by atoms with Gasteiger partial charge in [-0.05, 0) is 40.5 Å². The number of esters is 1. The van der Waals surface area contributed by atoms with Gasteiger partial charge in [-0.3, -0.25) is 4.79 Å². The van der Waals surface area contributed by atoms with Crippen molar-refractivity contribution in [3.8, 4) is 0 Å². The number of oxime groups is 1. The van der Waals surface area contributed by atoms with Crippen molar-refractivity contribution in [1.29, 1.82) is 0 Å². The van der Waals surface area contributed by atoms with E-state index in [-0.39, 0.29) is 18.0 Å². The minimum Gasteiger partial charge on any atom is -0.466 e. The van der Waals surface area contributed by atoms with E-state index in [1.54, 1.807) is 27.7 Å². The number of carbonyl (C=O) groups is 2. The predicted molar refractivity (Wildman–Crippen MR) is 84.0 cm³/mol. The van der Waals surface area contributed by atoms with E-state index in [4.69, 9.17) is 14.3 Å². The summed E-state index contributed by atoms with van der Waals surface area (Å²) < 4.78 is 10.4. The van der Waals surface area contributed by atoms with Crippen molar-refractivity contribution < 1.29 is 23.9 Å². The van der Waals surface area contributed by atoms with Gasteiger partial charge in [0.1, 0.15) is 5.60 Å².